The molecule has 1 aromatic heterocycles. The van der Waals surface area contributed by atoms with Gasteiger partial charge in [-0.05, 0) is 98.7 Å². The van der Waals surface area contributed by atoms with E-state index in [1.54, 1.807) is 0 Å². The van der Waals surface area contributed by atoms with Crippen LogP contribution in [-0.2, 0) is 22.5 Å². The van der Waals surface area contributed by atoms with Crippen LogP contribution in [-0.4, -0.2) is 52.8 Å². The van der Waals surface area contributed by atoms with Crippen molar-refractivity contribution in [3.8, 4) is 0 Å². The first-order valence-electron chi connectivity index (χ1n) is 16.7. The number of amides is 2. The summed E-state index contributed by atoms with van der Waals surface area (Å²) in [6, 6.07) is 21.8. The van der Waals surface area contributed by atoms with Gasteiger partial charge in [-0.2, -0.15) is 0 Å². The Kier molecular flexibility index (Phi) is 8.91. The van der Waals surface area contributed by atoms with Crippen LogP contribution in [0.1, 0.15) is 79.7 Å². The third-order valence-electron chi connectivity index (χ3n) is 10.5. The number of rotatable bonds is 10. The van der Waals surface area contributed by atoms with Crippen molar-refractivity contribution in [1.82, 2.24) is 15.2 Å². The zero-order valence-corrected chi connectivity index (χ0v) is 26.2. The number of urea groups is 1. The number of carbonyl (C=O) groups excluding carboxylic acids is 1. The molecule has 0 spiro atoms. The molecule has 1 aliphatic heterocycles. The number of aliphatic hydroxyl groups excluding tert-OH is 1. The van der Waals surface area contributed by atoms with Crippen LogP contribution in [0, 0.1) is 17.8 Å². The molecular formula is C37H46N4O4. The largest absolute Gasteiger partial charge is 0.392 e. The quantitative estimate of drug-likeness (QED) is 0.247. The molecule has 4 saturated carbocycles. The van der Waals surface area contributed by atoms with E-state index in [0.717, 1.165) is 91.0 Å². The van der Waals surface area contributed by atoms with Crippen LogP contribution in [0.4, 0.5) is 10.5 Å². The zero-order valence-electron chi connectivity index (χ0n) is 26.2. The minimum Gasteiger partial charge on any atom is -0.392 e. The lowest BCUT2D eigenvalue weighted by Crippen LogP contribution is -2.60. The summed E-state index contributed by atoms with van der Waals surface area (Å²) in [6.45, 7) is 1.66. The Bertz CT molecular complexity index is 1400. The smallest absolute Gasteiger partial charge is 0.319 e. The number of anilines is 1. The van der Waals surface area contributed by atoms with Crippen molar-refractivity contribution in [3.05, 3.63) is 95.3 Å². The first-order chi connectivity index (χ1) is 21.9. The molecule has 238 valence electrons. The highest BCUT2D eigenvalue weighted by molar-refractivity contribution is 5.89. The van der Waals surface area contributed by atoms with E-state index in [1.807, 2.05) is 66.9 Å². The fraction of sp³-hybridized carbons (Fsp3) is 0.514. The Labute approximate surface area is 266 Å². The highest BCUT2D eigenvalue weighted by Crippen LogP contribution is 2.55. The van der Waals surface area contributed by atoms with Crippen molar-refractivity contribution in [1.29, 1.82) is 0 Å². The van der Waals surface area contributed by atoms with Gasteiger partial charge in [-0.1, -0.05) is 42.5 Å². The molecule has 5 fully saturated rings. The Morgan fingerprint density at radius 2 is 1.60 bits per heavy atom. The molecule has 0 radical (unpaired) electrons. The van der Waals surface area contributed by atoms with E-state index in [0.29, 0.717) is 0 Å². The lowest BCUT2D eigenvalue weighted by molar-refractivity contribution is -0.252. The summed E-state index contributed by atoms with van der Waals surface area (Å²) in [5.74, 6) is 2.35. The van der Waals surface area contributed by atoms with Crippen molar-refractivity contribution in [2.24, 2.45) is 17.8 Å². The molecule has 8 nitrogen and oxygen atoms in total. The summed E-state index contributed by atoms with van der Waals surface area (Å²) in [4.78, 5) is 19.9. The first-order valence-corrected chi connectivity index (χ1v) is 16.7. The lowest BCUT2D eigenvalue weighted by Gasteiger charge is -2.56. The van der Waals surface area contributed by atoms with Crippen LogP contribution in [0.15, 0.2) is 72.9 Å². The van der Waals surface area contributed by atoms with E-state index >= 15 is 0 Å². The number of hydrogen-bond donors (Lipinski definition) is 3. The van der Waals surface area contributed by atoms with Gasteiger partial charge in [0.25, 0.3) is 0 Å². The van der Waals surface area contributed by atoms with Gasteiger partial charge in [0, 0.05) is 54.6 Å². The van der Waals surface area contributed by atoms with Crippen LogP contribution in [0.25, 0.3) is 0 Å². The SMILES string of the molecule is CN(CCc1ccccn1)C[C@@H]1C[C@H](c2ccc(CO)cc2)O[C@H](c2ccc(NC(=O)NC34CC5CC(CC(C5)C3)C4)cc2)O1. The van der Waals surface area contributed by atoms with Crippen molar-refractivity contribution < 1.29 is 19.4 Å². The van der Waals surface area contributed by atoms with E-state index in [2.05, 4.69) is 33.6 Å². The van der Waals surface area contributed by atoms with Gasteiger partial charge in [0.2, 0.25) is 0 Å². The predicted octanol–water partition coefficient (Wildman–Crippen LogP) is 6.38. The normalized spacial score (nSPS) is 30.4. The number of nitrogens with zero attached hydrogens (tertiary/aromatic N) is 2. The van der Waals surface area contributed by atoms with Crippen molar-refractivity contribution in [3.63, 3.8) is 0 Å². The standard InChI is InChI=1S/C37H46N4O4/c1-41(15-13-31-4-2-3-14-38-31)23-33-19-34(29-7-5-25(24-42)6-8-29)45-35(44-33)30-9-11-32(12-10-30)39-36(43)40-37-20-26-16-27(21-37)18-28(17-26)22-37/h2-12,14,26-28,33-35,42H,13,15-24H2,1H3,(H2,39,40,43)/t26?,27?,28?,33-,34+,35+,37?/m0/s1. The highest BCUT2D eigenvalue weighted by atomic mass is 16.7. The zero-order chi connectivity index (χ0) is 30.8. The molecule has 8 heteroatoms. The number of hydrogen-bond acceptors (Lipinski definition) is 6. The minimum absolute atomic E-state index is 0.0160. The number of nitrogens with one attached hydrogen (secondary N) is 2. The summed E-state index contributed by atoms with van der Waals surface area (Å²) < 4.78 is 13.1. The fourth-order valence-electron chi connectivity index (χ4n) is 8.71. The summed E-state index contributed by atoms with van der Waals surface area (Å²) in [6.07, 6.45) is 10.2. The van der Waals surface area contributed by atoms with Crippen LogP contribution >= 0.6 is 0 Å². The maximum absolute atomic E-state index is 13.1. The van der Waals surface area contributed by atoms with Gasteiger partial charge < -0.3 is 30.1 Å². The van der Waals surface area contributed by atoms with E-state index in [9.17, 15) is 9.90 Å². The van der Waals surface area contributed by atoms with Gasteiger partial charge in [0.1, 0.15) is 0 Å². The summed E-state index contributed by atoms with van der Waals surface area (Å²) in [7, 11) is 2.12. The van der Waals surface area contributed by atoms with Gasteiger partial charge in [0.05, 0.1) is 18.8 Å². The monoisotopic (exact) mass is 610 g/mol. The van der Waals surface area contributed by atoms with Crippen LogP contribution in [0.2, 0.25) is 0 Å². The van der Waals surface area contributed by atoms with Crippen molar-refractivity contribution in [2.75, 3.05) is 25.5 Å². The molecule has 4 aliphatic carbocycles. The van der Waals surface area contributed by atoms with Gasteiger partial charge in [-0.25, -0.2) is 4.79 Å². The second-order valence-electron chi connectivity index (χ2n) is 14.1. The van der Waals surface area contributed by atoms with Crippen molar-refractivity contribution >= 4 is 11.7 Å². The number of benzene rings is 2. The minimum atomic E-state index is -0.537. The van der Waals surface area contributed by atoms with Crippen LogP contribution in [0.5, 0.6) is 0 Å². The number of pyridine rings is 1. The average Bonchev–Trinajstić information content (AvgIpc) is 3.03. The Morgan fingerprint density at radius 3 is 2.24 bits per heavy atom. The summed E-state index contributed by atoms with van der Waals surface area (Å²) in [5.41, 5.74) is 4.69. The van der Waals surface area contributed by atoms with E-state index in [1.165, 1.54) is 19.3 Å². The molecule has 5 aliphatic rings. The number of aromatic nitrogens is 1. The summed E-state index contributed by atoms with van der Waals surface area (Å²) >= 11 is 0. The van der Waals surface area contributed by atoms with Gasteiger partial charge in [-0.15, -0.1) is 0 Å². The highest BCUT2D eigenvalue weighted by Gasteiger charge is 2.51. The van der Waals surface area contributed by atoms with Gasteiger partial charge in [-0.3, -0.25) is 4.98 Å². The number of likely N-dealkylation sites (N-methyl/N-ethyl adjacent to an activating group) is 1. The third-order valence-corrected chi connectivity index (χ3v) is 10.5. The third kappa shape index (κ3) is 7.25. The predicted molar refractivity (Wildman–Crippen MR) is 173 cm³/mol. The van der Waals surface area contributed by atoms with Crippen molar-refractivity contribution in [2.45, 2.75) is 82.0 Å². The Morgan fingerprint density at radius 1 is 0.911 bits per heavy atom. The fourth-order valence-corrected chi connectivity index (χ4v) is 8.71. The molecule has 4 bridgehead atoms. The molecule has 3 atom stereocenters. The molecular weight excluding hydrogens is 564 g/mol. The first kappa shape index (κ1) is 30.4. The molecule has 3 N–H and O–H groups in total. The Balaban J connectivity index is 1.00. The maximum Gasteiger partial charge on any atom is 0.319 e. The molecule has 2 aromatic carbocycles. The molecule has 3 aromatic rings. The molecule has 0 unspecified atom stereocenters. The molecule has 2 amide bonds. The molecule has 8 rings (SSSR count). The van der Waals surface area contributed by atoms with E-state index in [4.69, 9.17) is 9.47 Å². The lowest BCUT2D eigenvalue weighted by atomic mass is 9.53. The van der Waals surface area contributed by atoms with E-state index < -0.39 is 6.29 Å². The number of carbonyl (C=O) groups is 1. The second kappa shape index (κ2) is 13.2. The topological polar surface area (TPSA) is 96.0 Å². The molecule has 1 saturated heterocycles. The molecule has 2 heterocycles. The van der Waals surface area contributed by atoms with Gasteiger partial charge in [0.15, 0.2) is 6.29 Å². The summed E-state index contributed by atoms with van der Waals surface area (Å²) in [5, 5.41) is 16.0. The van der Waals surface area contributed by atoms with E-state index in [-0.39, 0.29) is 30.4 Å². The number of aliphatic hydroxyl groups is 1. The second-order valence-corrected chi connectivity index (χ2v) is 14.1. The maximum atomic E-state index is 13.1. The van der Waals surface area contributed by atoms with Gasteiger partial charge >= 0.3 is 6.03 Å². The Hall–Kier alpha value is -3.30. The average molecular weight is 611 g/mol. The molecule has 45 heavy (non-hydrogen) atoms. The van der Waals surface area contributed by atoms with Crippen LogP contribution < -0.4 is 10.6 Å². The van der Waals surface area contributed by atoms with Crippen LogP contribution in [0.3, 0.4) is 0 Å². The number of ether oxygens (including phenoxy) is 2.